The van der Waals surface area contributed by atoms with Gasteiger partial charge in [-0.3, -0.25) is 14.2 Å². The van der Waals surface area contributed by atoms with Crippen LogP contribution in [0.5, 0.6) is 0 Å². The Labute approximate surface area is 114 Å². The Hall–Kier alpha value is -1.69. The van der Waals surface area contributed by atoms with Crippen molar-refractivity contribution < 1.29 is 4.79 Å². The van der Waals surface area contributed by atoms with Crippen molar-refractivity contribution in [3.63, 3.8) is 0 Å². The van der Waals surface area contributed by atoms with Gasteiger partial charge in [-0.25, -0.2) is 4.98 Å². The van der Waals surface area contributed by atoms with Crippen LogP contribution in [0.3, 0.4) is 0 Å². The van der Waals surface area contributed by atoms with E-state index < -0.39 is 5.91 Å². The van der Waals surface area contributed by atoms with Gasteiger partial charge in [-0.05, 0) is 30.7 Å². The highest BCUT2D eigenvalue weighted by atomic mass is 32.1. The molecule has 2 N–H and O–H groups in total. The number of aryl methyl sites for hydroxylation is 1. The fraction of sp³-hybridized carbons (Fsp3) is 0.462. The molecule has 0 fully saturated rings. The molecule has 1 unspecified atom stereocenters. The fourth-order valence-corrected chi connectivity index (χ4v) is 3.99. The van der Waals surface area contributed by atoms with Crippen molar-refractivity contribution in [3.8, 4) is 0 Å². The van der Waals surface area contributed by atoms with Crippen LogP contribution in [0, 0.1) is 5.92 Å². The van der Waals surface area contributed by atoms with Crippen molar-refractivity contribution in [2.45, 2.75) is 32.7 Å². The molecule has 0 saturated heterocycles. The zero-order valence-corrected chi connectivity index (χ0v) is 11.5. The first-order valence-corrected chi connectivity index (χ1v) is 7.16. The molecular formula is C13H15N3O2S. The zero-order chi connectivity index (χ0) is 13.6. The standard InChI is InChI=1S/C13H15N3O2S/c1-7-2-3-8-9(4-7)19-12-11(8)13(18)16(6-15-12)5-10(14)17/h6-7H,2-5H2,1H3,(H2,14,17). The summed E-state index contributed by atoms with van der Waals surface area (Å²) in [5, 5.41) is 0.690. The monoisotopic (exact) mass is 277 g/mol. The SMILES string of the molecule is CC1CCc2c(sc3ncn(CC(N)=O)c(=O)c23)C1. The lowest BCUT2D eigenvalue weighted by Crippen LogP contribution is -2.28. The number of carbonyl (C=O) groups excluding carboxylic acids is 1. The van der Waals surface area contributed by atoms with Crippen LogP contribution in [-0.2, 0) is 24.2 Å². The van der Waals surface area contributed by atoms with Crippen LogP contribution in [0.2, 0.25) is 0 Å². The Morgan fingerprint density at radius 2 is 2.42 bits per heavy atom. The molecule has 2 heterocycles. The number of nitrogens with zero attached hydrogens (tertiary/aromatic N) is 2. The number of fused-ring (bicyclic) bond motifs is 3. The molecule has 1 amide bonds. The van der Waals surface area contributed by atoms with Crippen LogP contribution < -0.4 is 11.3 Å². The summed E-state index contributed by atoms with van der Waals surface area (Å²) in [6, 6.07) is 0. The van der Waals surface area contributed by atoms with Gasteiger partial charge in [0.2, 0.25) is 5.91 Å². The maximum absolute atomic E-state index is 12.4. The van der Waals surface area contributed by atoms with Gasteiger partial charge in [0, 0.05) is 4.88 Å². The number of nitrogens with two attached hydrogens (primary N) is 1. The largest absolute Gasteiger partial charge is 0.368 e. The number of hydrogen-bond acceptors (Lipinski definition) is 4. The summed E-state index contributed by atoms with van der Waals surface area (Å²) >= 11 is 1.60. The normalized spacial score (nSPS) is 18.5. The Balaban J connectivity index is 2.20. The van der Waals surface area contributed by atoms with E-state index in [0.29, 0.717) is 11.3 Å². The highest BCUT2D eigenvalue weighted by molar-refractivity contribution is 7.18. The maximum atomic E-state index is 12.4. The molecule has 0 spiro atoms. The molecule has 0 aromatic carbocycles. The lowest BCUT2D eigenvalue weighted by atomic mass is 9.89. The first-order valence-electron chi connectivity index (χ1n) is 6.34. The quantitative estimate of drug-likeness (QED) is 0.891. The molecule has 6 heteroatoms. The number of hydrogen-bond donors (Lipinski definition) is 1. The van der Waals surface area contributed by atoms with Crippen LogP contribution >= 0.6 is 11.3 Å². The van der Waals surface area contributed by atoms with E-state index in [1.54, 1.807) is 11.3 Å². The minimum atomic E-state index is -0.527. The smallest absolute Gasteiger partial charge is 0.262 e. The molecule has 2 aromatic heterocycles. The van der Waals surface area contributed by atoms with Gasteiger partial charge in [0.15, 0.2) is 0 Å². The first kappa shape index (κ1) is 12.3. The molecule has 3 rings (SSSR count). The second-order valence-corrected chi connectivity index (χ2v) is 6.26. The molecule has 100 valence electrons. The number of thiophene rings is 1. The van der Waals surface area contributed by atoms with E-state index in [1.807, 2.05) is 0 Å². The van der Waals surface area contributed by atoms with Gasteiger partial charge >= 0.3 is 0 Å². The predicted molar refractivity (Wildman–Crippen MR) is 74.3 cm³/mol. The molecule has 1 aliphatic carbocycles. The van der Waals surface area contributed by atoms with E-state index in [1.165, 1.54) is 15.8 Å². The minimum absolute atomic E-state index is 0.108. The number of primary amides is 1. The van der Waals surface area contributed by atoms with Crippen molar-refractivity contribution in [3.05, 3.63) is 27.1 Å². The zero-order valence-electron chi connectivity index (χ0n) is 10.7. The molecule has 2 aromatic rings. The number of rotatable bonds is 2. The molecule has 19 heavy (non-hydrogen) atoms. The Kier molecular flexibility index (Phi) is 2.89. The highest BCUT2D eigenvalue weighted by Crippen LogP contribution is 2.35. The van der Waals surface area contributed by atoms with Crippen LogP contribution in [-0.4, -0.2) is 15.5 Å². The lowest BCUT2D eigenvalue weighted by molar-refractivity contribution is -0.118. The molecule has 0 bridgehead atoms. The van der Waals surface area contributed by atoms with E-state index in [-0.39, 0.29) is 12.1 Å². The Morgan fingerprint density at radius 3 is 3.16 bits per heavy atom. The summed E-state index contributed by atoms with van der Waals surface area (Å²) < 4.78 is 1.30. The summed E-state index contributed by atoms with van der Waals surface area (Å²) in [5.74, 6) is 0.134. The highest BCUT2D eigenvalue weighted by Gasteiger charge is 2.23. The van der Waals surface area contributed by atoms with Gasteiger partial charge in [-0.1, -0.05) is 6.92 Å². The van der Waals surface area contributed by atoms with Gasteiger partial charge in [-0.15, -0.1) is 11.3 Å². The van der Waals surface area contributed by atoms with E-state index in [2.05, 4.69) is 11.9 Å². The van der Waals surface area contributed by atoms with Crippen LogP contribution in [0.4, 0.5) is 0 Å². The van der Waals surface area contributed by atoms with E-state index in [4.69, 9.17) is 5.73 Å². The minimum Gasteiger partial charge on any atom is -0.368 e. The van der Waals surface area contributed by atoms with E-state index in [9.17, 15) is 9.59 Å². The molecule has 5 nitrogen and oxygen atoms in total. The molecule has 0 saturated carbocycles. The average molecular weight is 277 g/mol. The second-order valence-electron chi connectivity index (χ2n) is 5.18. The van der Waals surface area contributed by atoms with Crippen LogP contribution in [0.15, 0.2) is 11.1 Å². The Bertz CT molecular complexity index is 716. The Morgan fingerprint density at radius 1 is 1.63 bits per heavy atom. The molecule has 1 aliphatic rings. The summed E-state index contributed by atoms with van der Waals surface area (Å²) in [4.78, 5) is 29.7. The molecule has 0 radical (unpaired) electrons. The second kappa shape index (κ2) is 4.45. The van der Waals surface area contributed by atoms with Gasteiger partial charge < -0.3 is 5.73 Å². The maximum Gasteiger partial charge on any atom is 0.262 e. The van der Waals surface area contributed by atoms with Crippen molar-refractivity contribution in [2.75, 3.05) is 0 Å². The van der Waals surface area contributed by atoms with Gasteiger partial charge in [0.25, 0.3) is 5.56 Å². The molecule has 0 aliphatic heterocycles. The summed E-state index contributed by atoms with van der Waals surface area (Å²) in [6.45, 7) is 2.12. The lowest BCUT2D eigenvalue weighted by Gasteiger charge is -2.17. The fourth-order valence-electron chi connectivity index (χ4n) is 2.65. The van der Waals surface area contributed by atoms with Crippen LogP contribution in [0.25, 0.3) is 10.2 Å². The van der Waals surface area contributed by atoms with Gasteiger partial charge in [0.1, 0.15) is 11.4 Å². The first-order chi connectivity index (χ1) is 9.06. The predicted octanol–water partition coefficient (Wildman–Crippen LogP) is 1.07. The topological polar surface area (TPSA) is 78.0 Å². The third-order valence-corrected chi connectivity index (χ3v) is 4.77. The van der Waals surface area contributed by atoms with Crippen LogP contribution in [0.1, 0.15) is 23.8 Å². The third kappa shape index (κ3) is 2.06. The van der Waals surface area contributed by atoms with Crippen molar-refractivity contribution >= 4 is 27.5 Å². The van der Waals surface area contributed by atoms with Crippen molar-refractivity contribution in [1.82, 2.24) is 9.55 Å². The number of carbonyl (C=O) groups is 1. The van der Waals surface area contributed by atoms with Gasteiger partial charge in [-0.2, -0.15) is 0 Å². The summed E-state index contributed by atoms with van der Waals surface area (Å²) in [7, 11) is 0. The van der Waals surface area contributed by atoms with Gasteiger partial charge in [0.05, 0.1) is 11.7 Å². The third-order valence-electron chi connectivity index (χ3n) is 3.61. The number of amides is 1. The van der Waals surface area contributed by atoms with Crippen molar-refractivity contribution in [1.29, 1.82) is 0 Å². The molecule has 1 atom stereocenters. The number of aromatic nitrogens is 2. The summed E-state index contributed by atoms with van der Waals surface area (Å²) in [5.41, 5.74) is 6.14. The van der Waals surface area contributed by atoms with E-state index in [0.717, 1.165) is 29.7 Å². The molecular weight excluding hydrogens is 262 g/mol. The van der Waals surface area contributed by atoms with Crippen molar-refractivity contribution in [2.24, 2.45) is 11.7 Å². The van der Waals surface area contributed by atoms with E-state index >= 15 is 0 Å². The summed E-state index contributed by atoms with van der Waals surface area (Å²) in [6.07, 6.45) is 4.46. The average Bonchev–Trinajstić information content (AvgIpc) is 2.70.